The number of methoxy groups -OCH3 is 1. The Morgan fingerprint density at radius 1 is 1.11 bits per heavy atom. The molecule has 1 N–H and O–H groups in total. The maximum atomic E-state index is 12.2. The van der Waals surface area contributed by atoms with E-state index in [0.29, 0.717) is 18.9 Å². The molecule has 0 radical (unpaired) electrons. The van der Waals surface area contributed by atoms with Gasteiger partial charge in [0.15, 0.2) is 0 Å². The first-order valence-electron chi connectivity index (χ1n) is 9.55. The van der Waals surface area contributed by atoms with Crippen LogP contribution in [0.15, 0.2) is 48.5 Å². The average molecular weight is 368 g/mol. The van der Waals surface area contributed by atoms with E-state index >= 15 is 0 Å². The topological polar surface area (TPSA) is 50.8 Å². The van der Waals surface area contributed by atoms with Crippen molar-refractivity contribution in [3.63, 3.8) is 0 Å². The molecule has 5 heteroatoms. The van der Waals surface area contributed by atoms with Crippen molar-refractivity contribution < 1.29 is 14.3 Å². The molecule has 0 aromatic heterocycles. The molecule has 5 nitrogen and oxygen atoms in total. The first-order chi connectivity index (χ1) is 13.2. The first kappa shape index (κ1) is 19.1. The predicted octanol–water partition coefficient (Wildman–Crippen LogP) is 3.28. The second-order valence-corrected chi connectivity index (χ2v) is 6.86. The Morgan fingerprint density at radius 3 is 2.48 bits per heavy atom. The highest BCUT2D eigenvalue weighted by Gasteiger charge is 2.23. The molecule has 144 valence electrons. The van der Waals surface area contributed by atoms with Gasteiger partial charge in [-0.1, -0.05) is 12.1 Å². The summed E-state index contributed by atoms with van der Waals surface area (Å²) in [5.74, 6) is 2.26. The van der Waals surface area contributed by atoms with Gasteiger partial charge in [0.05, 0.1) is 20.1 Å². The molecule has 1 fully saturated rings. The molecular formula is C22H28N2O3. The fourth-order valence-corrected chi connectivity index (χ4v) is 3.40. The van der Waals surface area contributed by atoms with Gasteiger partial charge in [-0.25, -0.2) is 0 Å². The van der Waals surface area contributed by atoms with E-state index in [9.17, 15) is 4.79 Å². The monoisotopic (exact) mass is 368 g/mol. The van der Waals surface area contributed by atoms with Crippen LogP contribution in [-0.4, -0.2) is 39.3 Å². The van der Waals surface area contributed by atoms with Gasteiger partial charge in [-0.2, -0.15) is 0 Å². The quantitative estimate of drug-likeness (QED) is 0.777. The Kier molecular flexibility index (Phi) is 6.58. The number of anilines is 1. The molecule has 1 aliphatic heterocycles. The highest BCUT2D eigenvalue weighted by Crippen LogP contribution is 2.25. The van der Waals surface area contributed by atoms with Crippen LogP contribution in [0.4, 0.5) is 5.69 Å². The van der Waals surface area contributed by atoms with Crippen molar-refractivity contribution in [3.8, 4) is 11.5 Å². The number of carbonyl (C=O) groups excluding carboxylic acids is 1. The summed E-state index contributed by atoms with van der Waals surface area (Å²) in [6.45, 7) is 5.32. The van der Waals surface area contributed by atoms with Gasteiger partial charge in [0.1, 0.15) is 11.5 Å². The minimum Gasteiger partial charge on any atom is -0.497 e. The van der Waals surface area contributed by atoms with Crippen molar-refractivity contribution in [3.05, 3.63) is 54.1 Å². The van der Waals surface area contributed by atoms with Gasteiger partial charge in [0, 0.05) is 25.3 Å². The van der Waals surface area contributed by atoms with E-state index in [2.05, 4.69) is 22.3 Å². The van der Waals surface area contributed by atoms with Gasteiger partial charge < -0.3 is 19.7 Å². The third-order valence-electron chi connectivity index (χ3n) is 4.91. The molecule has 0 bridgehead atoms. The Labute approximate surface area is 161 Å². The molecule has 3 rings (SSSR count). The first-order valence-corrected chi connectivity index (χ1v) is 9.55. The number of hydrogen-bond acceptors (Lipinski definition) is 4. The molecule has 27 heavy (non-hydrogen) atoms. The molecule has 1 unspecified atom stereocenters. The van der Waals surface area contributed by atoms with Crippen LogP contribution in [0.2, 0.25) is 0 Å². The third kappa shape index (κ3) is 5.39. The Morgan fingerprint density at radius 2 is 1.81 bits per heavy atom. The zero-order valence-electron chi connectivity index (χ0n) is 16.1. The lowest BCUT2D eigenvalue weighted by Crippen LogP contribution is -2.32. The Balaban J connectivity index is 1.42. The smallest absolute Gasteiger partial charge is 0.224 e. The zero-order chi connectivity index (χ0) is 19.1. The van der Waals surface area contributed by atoms with Gasteiger partial charge in [0.2, 0.25) is 5.91 Å². The summed E-state index contributed by atoms with van der Waals surface area (Å²) in [7, 11) is 1.68. The molecule has 1 amide bonds. The van der Waals surface area contributed by atoms with Crippen molar-refractivity contribution in [2.75, 3.05) is 38.3 Å². The number of benzene rings is 2. The summed E-state index contributed by atoms with van der Waals surface area (Å²) in [5, 5.41) is 3.09. The van der Waals surface area contributed by atoms with Crippen LogP contribution >= 0.6 is 0 Å². The number of amides is 1. The number of ether oxygens (including phenoxy) is 2. The minimum absolute atomic E-state index is 0.0713. The molecule has 1 aliphatic rings. The molecule has 1 atom stereocenters. The summed E-state index contributed by atoms with van der Waals surface area (Å²) in [4.78, 5) is 14.6. The SMILES string of the molecule is CCOc1ccc(CC(=O)NCC2CCN(c3ccc(OC)cc3)C2)cc1. The van der Waals surface area contributed by atoms with Gasteiger partial charge in [-0.15, -0.1) is 0 Å². The third-order valence-corrected chi connectivity index (χ3v) is 4.91. The normalized spacial score (nSPS) is 16.2. The van der Waals surface area contributed by atoms with Crippen molar-refractivity contribution in [1.82, 2.24) is 5.32 Å². The lowest BCUT2D eigenvalue weighted by molar-refractivity contribution is -0.120. The van der Waals surface area contributed by atoms with Crippen LogP contribution < -0.4 is 19.7 Å². The predicted molar refractivity (Wildman–Crippen MR) is 108 cm³/mol. The standard InChI is InChI=1S/C22H28N2O3/c1-3-27-21-8-4-17(5-9-21)14-22(25)23-15-18-12-13-24(16-18)19-6-10-20(26-2)11-7-19/h4-11,18H,3,12-16H2,1-2H3,(H,23,25). The van der Waals surface area contributed by atoms with Crippen LogP contribution in [0.1, 0.15) is 18.9 Å². The van der Waals surface area contributed by atoms with Crippen LogP contribution in [0.3, 0.4) is 0 Å². The minimum atomic E-state index is 0.0713. The summed E-state index contributed by atoms with van der Waals surface area (Å²) >= 11 is 0. The molecule has 0 spiro atoms. The maximum Gasteiger partial charge on any atom is 0.224 e. The van der Waals surface area contributed by atoms with Crippen LogP contribution in [0.5, 0.6) is 11.5 Å². The molecule has 2 aromatic carbocycles. The van der Waals surface area contributed by atoms with E-state index in [1.807, 2.05) is 43.3 Å². The van der Waals surface area contributed by atoms with E-state index in [0.717, 1.165) is 43.1 Å². The van der Waals surface area contributed by atoms with E-state index in [1.54, 1.807) is 7.11 Å². The number of nitrogens with one attached hydrogen (secondary N) is 1. The van der Waals surface area contributed by atoms with E-state index in [1.165, 1.54) is 5.69 Å². The van der Waals surface area contributed by atoms with Gasteiger partial charge in [0.25, 0.3) is 0 Å². The second-order valence-electron chi connectivity index (χ2n) is 6.86. The molecule has 0 saturated carbocycles. The van der Waals surface area contributed by atoms with Gasteiger partial charge in [-0.05, 0) is 61.2 Å². The fraction of sp³-hybridized carbons (Fsp3) is 0.409. The van der Waals surface area contributed by atoms with E-state index < -0.39 is 0 Å². The molecule has 0 aliphatic carbocycles. The zero-order valence-corrected chi connectivity index (χ0v) is 16.1. The molecule has 2 aromatic rings. The number of rotatable bonds is 8. The summed E-state index contributed by atoms with van der Waals surface area (Å²) < 4.78 is 10.6. The van der Waals surface area contributed by atoms with Gasteiger partial charge in [-0.3, -0.25) is 4.79 Å². The van der Waals surface area contributed by atoms with Crippen molar-refractivity contribution in [2.45, 2.75) is 19.8 Å². The highest BCUT2D eigenvalue weighted by atomic mass is 16.5. The summed E-state index contributed by atoms with van der Waals surface area (Å²) in [6.07, 6.45) is 1.50. The number of nitrogens with zero attached hydrogens (tertiary/aromatic N) is 1. The lowest BCUT2D eigenvalue weighted by Gasteiger charge is -2.19. The average Bonchev–Trinajstić information content (AvgIpc) is 3.17. The van der Waals surface area contributed by atoms with Gasteiger partial charge >= 0.3 is 0 Å². The highest BCUT2D eigenvalue weighted by molar-refractivity contribution is 5.78. The Hall–Kier alpha value is -2.69. The number of hydrogen-bond donors (Lipinski definition) is 1. The van der Waals surface area contributed by atoms with E-state index in [4.69, 9.17) is 9.47 Å². The molecule has 1 saturated heterocycles. The van der Waals surface area contributed by atoms with Crippen LogP contribution in [0, 0.1) is 5.92 Å². The summed E-state index contributed by atoms with van der Waals surface area (Å²) in [5.41, 5.74) is 2.21. The maximum absolute atomic E-state index is 12.2. The summed E-state index contributed by atoms with van der Waals surface area (Å²) in [6, 6.07) is 15.9. The Bertz CT molecular complexity index is 728. The largest absolute Gasteiger partial charge is 0.497 e. The lowest BCUT2D eigenvalue weighted by atomic mass is 10.1. The molecular weight excluding hydrogens is 340 g/mol. The second kappa shape index (κ2) is 9.31. The van der Waals surface area contributed by atoms with E-state index in [-0.39, 0.29) is 5.91 Å². The van der Waals surface area contributed by atoms with Crippen molar-refractivity contribution >= 4 is 11.6 Å². The number of carbonyl (C=O) groups is 1. The van der Waals surface area contributed by atoms with Crippen LogP contribution in [-0.2, 0) is 11.2 Å². The van der Waals surface area contributed by atoms with Crippen molar-refractivity contribution in [1.29, 1.82) is 0 Å². The molecule has 1 heterocycles. The van der Waals surface area contributed by atoms with Crippen molar-refractivity contribution in [2.24, 2.45) is 5.92 Å². The van der Waals surface area contributed by atoms with Crippen LogP contribution in [0.25, 0.3) is 0 Å². The fourth-order valence-electron chi connectivity index (χ4n) is 3.40.